The standard InChI is InChI=1S/C24H30BrN3O3.C2H6/c1-15-9-10-19(27-20-13-28(14-20)23(30)31-24(3,4)5)12-21(15)22(29)26-16(2)17-7-6-8-18(25)11-17;1-2/h6-12,16,20,27H,13-14H2,1-5H3,(H,26,29);1-2H3. The average Bonchev–Trinajstić information content (AvgIpc) is 2.71. The van der Waals surface area contributed by atoms with Crippen molar-refractivity contribution >= 4 is 33.6 Å². The molecule has 7 heteroatoms. The number of hydrogen-bond acceptors (Lipinski definition) is 4. The summed E-state index contributed by atoms with van der Waals surface area (Å²) in [6.07, 6.45) is -0.295. The number of benzene rings is 2. The Balaban J connectivity index is 0.00000187. The van der Waals surface area contributed by atoms with Gasteiger partial charge in [0.05, 0.1) is 12.1 Å². The number of nitrogens with one attached hydrogen (secondary N) is 2. The summed E-state index contributed by atoms with van der Waals surface area (Å²) in [5.74, 6) is -0.113. The van der Waals surface area contributed by atoms with E-state index in [1.165, 1.54) is 0 Å². The van der Waals surface area contributed by atoms with Crippen LogP contribution in [-0.4, -0.2) is 41.6 Å². The van der Waals surface area contributed by atoms with Crippen molar-refractivity contribution in [3.8, 4) is 0 Å². The van der Waals surface area contributed by atoms with Crippen molar-refractivity contribution in [3.05, 3.63) is 63.6 Å². The van der Waals surface area contributed by atoms with Gasteiger partial charge in [-0.1, -0.05) is 48.0 Å². The zero-order valence-electron chi connectivity index (χ0n) is 20.7. The van der Waals surface area contributed by atoms with E-state index in [1.807, 2.05) is 90.9 Å². The minimum absolute atomic E-state index is 0.113. The van der Waals surface area contributed by atoms with Crippen LogP contribution in [0.1, 0.15) is 69.1 Å². The molecule has 2 amide bonds. The molecule has 2 aromatic rings. The maximum atomic E-state index is 12.9. The second-order valence-electron chi connectivity index (χ2n) is 9.01. The lowest BCUT2D eigenvalue weighted by molar-refractivity contribution is 0.0105. The van der Waals surface area contributed by atoms with Crippen LogP contribution in [0.5, 0.6) is 0 Å². The van der Waals surface area contributed by atoms with Gasteiger partial charge in [-0.2, -0.15) is 0 Å². The van der Waals surface area contributed by atoms with Gasteiger partial charge in [0, 0.05) is 28.8 Å². The van der Waals surface area contributed by atoms with E-state index in [1.54, 1.807) is 4.90 Å². The first-order chi connectivity index (χ1) is 15.5. The number of aryl methyl sites for hydroxylation is 1. The Bertz CT molecular complexity index is 965. The number of nitrogens with zero attached hydrogens (tertiary/aromatic N) is 1. The molecular formula is C26H36BrN3O3. The van der Waals surface area contributed by atoms with Gasteiger partial charge >= 0.3 is 6.09 Å². The maximum absolute atomic E-state index is 12.9. The molecule has 0 saturated carbocycles. The van der Waals surface area contributed by atoms with E-state index in [-0.39, 0.29) is 24.1 Å². The fraction of sp³-hybridized carbons (Fsp3) is 0.462. The number of anilines is 1. The van der Waals surface area contributed by atoms with Crippen LogP contribution in [0.15, 0.2) is 46.9 Å². The first kappa shape index (κ1) is 26.7. The third-order valence-electron chi connectivity index (χ3n) is 5.08. The van der Waals surface area contributed by atoms with Gasteiger partial charge in [0.15, 0.2) is 0 Å². The Labute approximate surface area is 206 Å². The number of ether oxygens (including phenoxy) is 1. The van der Waals surface area contributed by atoms with Crippen molar-refractivity contribution in [3.63, 3.8) is 0 Å². The Morgan fingerprint density at radius 1 is 1.12 bits per heavy atom. The van der Waals surface area contributed by atoms with Gasteiger partial charge in [-0.15, -0.1) is 0 Å². The minimum Gasteiger partial charge on any atom is -0.444 e. The molecule has 1 fully saturated rings. The molecule has 3 rings (SSSR count). The molecule has 1 atom stereocenters. The summed E-state index contributed by atoms with van der Waals surface area (Å²) in [6, 6.07) is 13.7. The number of carbonyl (C=O) groups excluding carboxylic acids is 2. The average molecular weight is 518 g/mol. The Morgan fingerprint density at radius 3 is 2.39 bits per heavy atom. The van der Waals surface area contributed by atoms with E-state index in [9.17, 15) is 9.59 Å². The lowest BCUT2D eigenvalue weighted by Gasteiger charge is -2.40. The van der Waals surface area contributed by atoms with Crippen LogP contribution in [0.25, 0.3) is 0 Å². The first-order valence-corrected chi connectivity index (χ1v) is 12.2. The lowest BCUT2D eigenvalue weighted by Crippen LogP contribution is -2.57. The van der Waals surface area contributed by atoms with Gasteiger partial charge in [0.1, 0.15) is 5.60 Å². The van der Waals surface area contributed by atoms with E-state index in [4.69, 9.17) is 4.74 Å². The van der Waals surface area contributed by atoms with Crippen molar-refractivity contribution in [2.45, 2.75) is 66.2 Å². The molecule has 2 aromatic carbocycles. The molecule has 33 heavy (non-hydrogen) atoms. The molecular weight excluding hydrogens is 482 g/mol. The molecule has 0 aliphatic carbocycles. The zero-order chi connectivity index (χ0) is 24.8. The monoisotopic (exact) mass is 517 g/mol. The molecule has 0 spiro atoms. The quantitative estimate of drug-likeness (QED) is 0.487. The van der Waals surface area contributed by atoms with Crippen LogP contribution in [0.3, 0.4) is 0 Å². The van der Waals surface area contributed by atoms with Gasteiger partial charge in [-0.3, -0.25) is 4.79 Å². The van der Waals surface area contributed by atoms with Crippen LogP contribution < -0.4 is 10.6 Å². The highest BCUT2D eigenvalue weighted by molar-refractivity contribution is 9.10. The highest BCUT2D eigenvalue weighted by Gasteiger charge is 2.33. The van der Waals surface area contributed by atoms with Crippen molar-refractivity contribution in [1.29, 1.82) is 0 Å². The predicted octanol–water partition coefficient (Wildman–Crippen LogP) is 6.31. The van der Waals surface area contributed by atoms with Crippen molar-refractivity contribution in [1.82, 2.24) is 10.2 Å². The van der Waals surface area contributed by atoms with Crippen molar-refractivity contribution in [2.24, 2.45) is 0 Å². The highest BCUT2D eigenvalue weighted by Crippen LogP contribution is 2.23. The van der Waals surface area contributed by atoms with Crippen molar-refractivity contribution in [2.75, 3.05) is 18.4 Å². The molecule has 0 aromatic heterocycles. The lowest BCUT2D eigenvalue weighted by atomic mass is 10.0. The molecule has 1 aliphatic rings. The fourth-order valence-electron chi connectivity index (χ4n) is 3.37. The Kier molecular flexibility index (Phi) is 9.35. The number of amides is 2. The molecule has 1 saturated heterocycles. The Hall–Kier alpha value is -2.54. The van der Waals surface area contributed by atoms with E-state index < -0.39 is 5.60 Å². The fourth-order valence-corrected chi connectivity index (χ4v) is 3.79. The van der Waals surface area contributed by atoms with E-state index in [0.717, 1.165) is 21.3 Å². The van der Waals surface area contributed by atoms with Gasteiger partial charge < -0.3 is 20.3 Å². The molecule has 180 valence electrons. The normalized spacial score (nSPS) is 14.4. The van der Waals surface area contributed by atoms with Gasteiger partial charge in [0.25, 0.3) is 5.91 Å². The van der Waals surface area contributed by atoms with Crippen LogP contribution >= 0.6 is 15.9 Å². The molecule has 0 radical (unpaired) electrons. The molecule has 2 N–H and O–H groups in total. The number of carbonyl (C=O) groups is 2. The SMILES string of the molecule is CC.Cc1ccc(NC2CN(C(=O)OC(C)(C)C)C2)cc1C(=O)NC(C)c1cccc(Br)c1. The molecule has 1 aliphatic heterocycles. The summed E-state index contributed by atoms with van der Waals surface area (Å²) in [7, 11) is 0. The Morgan fingerprint density at radius 2 is 1.79 bits per heavy atom. The van der Waals surface area contributed by atoms with Crippen LogP contribution in [0, 0.1) is 6.92 Å². The summed E-state index contributed by atoms with van der Waals surface area (Å²) in [4.78, 5) is 26.7. The van der Waals surface area contributed by atoms with E-state index in [2.05, 4.69) is 26.6 Å². The van der Waals surface area contributed by atoms with E-state index >= 15 is 0 Å². The highest BCUT2D eigenvalue weighted by atomic mass is 79.9. The van der Waals surface area contributed by atoms with Gasteiger partial charge in [-0.25, -0.2) is 4.79 Å². The number of rotatable bonds is 5. The van der Waals surface area contributed by atoms with Crippen LogP contribution in [0.2, 0.25) is 0 Å². The van der Waals surface area contributed by atoms with Crippen LogP contribution in [0.4, 0.5) is 10.5 Å². The van der Waals surface area contributed by atoms with Gasteiger partial charge in [0.2, 0.25) is 0 Å². The zero-order valence-corrected chi connectivity index (χ0v) is 22.2. The smallest absolute Gasteiger partial charge is 0.410 e. The van der Waals surface area contributed by atoms with Crippen LogP contribution in [-0.2, 0) is 4.74 Å². The summed E-state index contributed by atoms with van der Waals surface area (Å²) in [6.45, 7) is 14.6. The predicted molar refractivity (Wildman–Crippen MR) is 138 cm³/mol. The number of halogens is 1. The maximum Gasteiger partial charge on any atom is 0.410 e. The third-order valence-corrected chi connectivity index (χ3v) is 5.58. The largest absolute Gasteiger partial charge is 0.444 e. The first-order valence-electron chi connectivity index (χ1n) is 11.4. The summed E-state index contributed by atoms with van der Waals surface area (Å²) >= 11 is 3.47. The van der Waals surface area contributed by atoms with Gasteiger partial charge in [-0.05, 0) is 70.0 Å². The summed E-state index contributed by atoms with van der Waals surface area (Å²) in [5, 5.41) is 6.48. The topological polar surface area (TPSA) is 70.7 Å². The molecule has 0 bridgehead atoms. The summed E-state index contributed by atoms with van der Waals surface area (Å²) in [5.41, 5.74) is 2.94. The second kappa shape index (κ2) is 11.5. The van der Waals surface area contributed by atoms with Crippen molar-refractivity contribution < 1.29 is 14.3 Å². The summed E-state index contributed by atoms with van der Waals surface area (Å²) < 4.78 is 6.37. The molecule has 1 heterocycles. The minimum atomic E-state index is -0.498. The number of likely N-dealkylation sites (tertiary alicyclic amines) is 1. The molecule has 6 nitrogen and oxygen atoms in total. The number of hydrogen-bond donors (Lipinski definition) is 2. The molecule has 1 unspecified atom stereocenters. The van der Waals surface area contributed by atoms with E-state index in [0.29, 0.717) is 18.7 Å². The third kappa shape index (κ3) is 7.77. The second-order valence-corrected chi connectivity index (χ2v) is 9.92.